The Labute approximate surface area is 89.5 Å². The van der Waals surface area contributed by atoms with Gasteiger partial charge in [-0.15, -0.1) is 0 Å². The highest BCUT2D eigenvalue weighted by Crippen LogP contribution is 2.15. The Morgan fingerprint density at radius 1 is 1.40 bits per heavy atom. The lowest BCUT2D eigenvalue weighted by Gasteiger charge is -2.15. The molecule has 0 bridgehead atoms. The summed E-state index contributed by atoms with van der Waals surface area (Å²) in [6.07, 6.45) is 1.43. The lowest BCUT2D eigenvalue weighted by molar-refractivity contribution is -0.590. The molecule has 1 heterocycles. The van der Waals surface area contributed by atoms with E-state index in [-0.39, 0.29) is 11.7 Å². The zero-order valence-corrected chi connectivity index (χ0v) is 9.50. The fraction of sp³-hybridized carbons (Fsp3) is 0.455. The summed E-state index contributed by atoms with van der Waals surface area (Å²) < 4.78 is 0.666. The Hall–Kier alpha value is -1.58. The molecule has 1 aromatic rings. The highest BCUT2D eigenvalue weighted by atomic mass is 16.5. The van der Waals surface area contributed by atoms with Crippen LogP contribution in [-0.2, 0) is 4.79 Å². The second kappa shape index (κ2) is 3.88. The largest absolute Gasteiger partial charge is 0.711 e. The normalized spacial score (nSPS) is 11.2. The van der Waals surface area contributed by atoms with E-state index in [1.54, 1.807) is 32.9 Å². The summed E-state index contributed by atoms with van der Waals surface area (Å²) in [4.78, 5) is 11.6. The molecule has 0 spiro atoms. The maximum Gasteiger partial charge on any atom is 0.312 e. The number of pyridine rings is 1. The number of aryl methyl sites for hydroxylation is 1. The Balaban J connectivity index is 2.87. The van der Waals surface area contributed by atoms with Crippen LogP contribution in [-0.4, -0.2) is 5.91 Å². The molecule has 1 amide bonds. The molecule has 0 aliphatic carbocycles. The smallest absolute Gasteiger partial charge is 0.312 e. The molecule has 1 aromatic heterocycles. The van der Waals surface area contributed by atoms with E-state index in [1.165, 1.54) is 6.20 Å². The average molecular weight is 208 g/mol. The minimum atomic E-state index is -0.502. The lowest BCUT2D eigenvalue weighted by Crippen LogP contribution is -2.36. The topological polar surface area (TPSA) is 56.0 Å². The van der Waals surface area contributed by atoms with Crippen molar-refractivity contribution in [1.29, 1.82) is 0 Å². The molecule has 0 saturated heterocycles. The van der Waals surface area contributed by atoms with Crippen LogP contribution in [0.15, 0.2) is 18.3 Å². The van der Waals surface area contributed by atoms with Crippen molar-refractivity contribution in [1.82, 2.24) is 0 Å². The minimum Gasteiger partial charge on any atom is -0.711 e. The molecule has 0 saturated carbocycles. The minimum absolute atomic E-state index is 0.170. The molecule has 0 aromatic carbocycles. The number of rotatable bonds is 1. The number of carbonyl (C=O) groups is 1. The summed E-state index contributed by atoms with van der Waals surface area (Å²) >= 11 is 0. The van der Waals surface area contributed by atoms with Gasteiger partial charge in [0.05, 0.1) is 11.6 Å². The monoisotopic (exact) mass is 208 g/mol. The zero-order valence-electron chi connectivity index (χ0n) is 9.50. The Kier molecular flexibility index (Phi) is 2.98. The molecule has 82 valence electrons. The number of amides is 1. The van der Waals surface area contributed by atoms with Gasteiger partial charge in [-0.2, -0.15) is 0 Å². The van der Waals surface area contributed by atoms with Crippen molar-refractivity contribution in [2.24, 2.45) is 5.41 Å². The molecule has 4 heteroatoms. The molecular weight excluding hydrogens is 192 g/mol. The molecule has 0 unspecified atom stereocenters. The van der Waals surface area contributed by atoms with Crippen LogP contribution in [0.2, 0.25) is 0 Å². The molecule has 15 heavy (non-hydrogen) atoms. The summed E-state index contributed by atoms with van der Waals surface area (Å²) in [5.41, 5.74) is 0.358. The van der Waals surface area contributed by atoms with Crippen LogP contribution >= 0.6 is 0 Å². The van der Waals surface area contributed by atoms with E-state index in [2.05, 4.69) is 5.32 Å². The molecule has 0 atom stereocenters. The molecule has 0 radical (unpaired) electrons. The van der Waals surface area contributed by atoms with Crippen LogP contribution in [0.4, 0.5) is 5.82 Å². The first kappa shape index (κ1) is 11.5. The van der Waals surface area contributed by atoms with Crippen molar-refractivity contribution in [2.75, 3.05) is 5.32 Å². The standard InChI is InChI=1S/C11H16N2O2/c1-8-5-6-9(13(15)7-8)12-10(14)11(2,3)4/h5-7H,1-4H3,(H,12,14). The molecule has 1 N–H and O–H groups in total. The Morgan fingerprint density at radius 3 is 2.47 bits per heavy atom. The second-order valence-corrected chi connectivity index (χ2v) is 4.62. The third-order valence-corrected chi connectivity index (χ3v) is 1.99. The molecule has 0 aliphatic rings. The van der Waals surface area contributed by atoms with Crippen LogP contribution in [0.1, 0.15) is 26.3 Å². The van der Waals surface area contributed by atoms with E-state index < -0.39 is 5.41 Å². The SMILES string of the molecule is Cc1ccc(NC(=O)C(C)(C)C)[n+]([O-])c1. The fourth-order valence-corrected chi connectivity index (χ4v) is 0.982. The van der Waals surface area contributed by atoms with Gasteiger partial charge in [0.25, 0.3) is 5.82 Å². The Morgan fingerprint density at radius 2 is 2.00 bits per heavy atom. The Bertz CT molecular complexity index is 381. The fourth-order valence-electron chi connectivity index (χ4n) is 0.982. The number of carbonyl (C=O) groups excluding carboxylic acids is 1. The van der Waals surface area contributed by atoms with Crippen molar-refractivity contribution in [3.05, 3.63) is 29.1 Å². The summed E-state index contributed by atoms with van der Waals surface area (Å²) in [5, 5.41) is 14.0. The van der Waals surface area contributed by atoms with Crippen LogP contribution in [0.25, 0.3) is 0 Å². The predicted octanol–water partition coefficient (Wildman–Crippen LogP) is 1.61. The zero-order chi connectivity index (χ0) is 11.6. The van der Waals surface area contributed by atoms with E-state index in [4.69, 9.17) is 0 Å². The van der Waals surface area contributed by atoms with Gasteiger partial charge in [0.2, 0.25) is 0 Å². The van der Waals surface area contributed by atoms with E-state index in [9.17, 15) is 10.0 Å². The van der Waals surface area contributed by atoms with Gasteiger partial charge in [0, 0.05) is 6.07 Å². The summed E-state index contributed by atoms with van der Waals surface area (Å²) in [6, 6.07) is 3.39. The highest BCUT2D eigenvalue weighted by molar-refractivity contribution is 5.93. The van der Waals surface area contributed by atoms with E-state index >= 15 is 0 Å². The van der Waals surface area contributed by atoms with Gasteiger partial charge in [-0.05, 0) is 39.3 Å². The van der Waals surface area contributed by atoms with Gasteiger partial charge in [0.1, 0.15) is 0 Å². The summed E-state index contributed by atoms with van der Waals surface area (Å²) in [5.74, 6) is 0.0940. The first-order valence-corrected chi connectivity index (χ1v) is 4.82. The third-order valence-electron chi connectivity index (χ3n) is 1.99. The van der Waals surface area contributed by atoms with Gasteiger partial charge in [-0.3, -0.25) is 0 Å². The molecule has 0 aliphatic heterocycles. The summed E-state index contributed by atoms with van der Waals surface area (Å²) in [6.45, 7) is 7.22. The van der Waals surface area contributed by atoms with Gasteiger partial charge < -0.3 is 5.21 Å². The van der Waals surface area contributed by atoms with Crippen molar-refractivity contribution >= 4 is 11.7 Å². The average Bonchev–Trinajstić information content (AvgIpc) is 2.08. The van der Waals surface area contributed by atoms with E-state index in [0.717, 1.165) is 5.56 Å². The van der Waals surface area contributed by atoms with Crippen LogP contribution in [0.3, 0.4) is 0 Å². The van der Waals surface area contributed by atoms with Crippen molar-refractivity contribution in [3.63, 3.8) is 0 Å². The molecular formula is C11H16N2O2. The van der Waals surface area contributed by atoms with Gasteiger partial charge in [0.15, 0.2) is 0 Å². The number of nitrogens with zero attached hydrogens (tertiary/aromatic N) is 1. The maximum atomic E-state index is 11.6. The van der Waals surface area contributed by atoms with Gasteiger partial charge >= 0.3 is 5.91 Å². The van der Waals surface area contributed by atoms with Crippen molar-refractivity contribution in [3.8, 4) is 0 Å². The van der Waals surface area contributed by atoms with Crippen molar-refractivity contribution in [2.45, 2.75) is 27.7 Å². The highest BCUT2D eigenvalue weighted by Gasteiger charge is 2.26. The molecule has 0 fully saturated rings. The van der Waals surface area contributed by atoms with E-state index in [1.807, 2.05) is 6.92 Å². The number of anilines is 1. The predicted molar refractivity (Wildman–Crippen MR) is 58.2 cm³/mol. The van der Waals surface area contributed by atoms with Crippen LogP contribution < -0.4 is 10.0 Å². The maximum absolute atomic E-state index is 11.6. The molecule has 1 rings (SSSR count). The van der Waals surface area contributed by atoms with Crippen LogP contribution in [0, 0.1) is 17.5 Å². The quantitative estimate of drug-likeness (QED) is 0.563. The van der Waals surface area contributed by atoms with Crippen LogP contribution in [0.5, 0.6) is 0 Å². The molecule has 4 nitrogen and oxygen atoms in total. The number of hydrogen-bond acceptors (Lipinski definition) is 2. The first-order valence-electron chi connectivity index (χ1n) is 4.82. The van der Waals surface area contributed by atoms with Gasteiger partial charge in [-0.1, -0.05) is 0 Å². The number of nitrogens with one attached hydrogen (secondary N) is 1. The second-order valence-electron chi connectivity index (χ2n) is 4.62. The first-order chi connectivity index (χ1) is 6.80. The van der Waals surface area contributed by atoms with Gasteiger partial charge in [-0.25, -0.2) is 14.8 Å². The number of aromatic nitrogens is 1. The lowest BCUT2D eigenvalue weighted by atomic mass is 9.96. The number of hydrogen-bond donors (Lipinski definition) is 1. The van der Waals surface area contributed by atoms with E-state index in [0.29, 0.717) is 4.73 Å². The third kappa shape index (κ3) is 2.94. The van der Waals surface area contributed by atoms with Crippen molar-refractivity contribution < 1.29 is 9.52 Å². The summed E-state index contributed by atoms with van der Waals surface area (Å²) in [7, 11) is 0.